The zero-order valence-electron chi connectivity index (χ0n) is 7.83. The SMILES string of the molecule is O=[N+]([O-])c1nc(C=CCCS)ccc1O. The van der Waals surface area contributed by atoms with Crippen LogP contribution in [0, 0.1) is 10.1 Å². The van der Waals surface area contributed by atoms with E-state index in [2.05, 4.69) is 17.6 Å². The van der Waals surface area contributed by atoms with Gasteiger partial charge < -0.3 is 15.2 Å². The number of pyridine rings is 1. The Labute approximate surface area is 92.0 Å². The third-order valence-electron chi connectivity index (χ3n) is 1.63. The van der Waals surface area contributed by atoms with E-state index in [9.17, 15) is 10.1 Å². The fraction of sp³-hybridized carbons (Fsp3) is 0.222. The Morgan fingerprint density at radius 2 is 2.33 bits per heavy atom. The van der Waals surface area contributed by atoms with Crippen molar-refractivity contribution in [1.82, 2.24) is 4.98 Å². The van der Waals surface area contributed by atoms with Crippen molar-refractivity contribution in [3.63, 3.8) is 0 Å². The number of hydrogen-bond donors (Lipinski definition) is 2. The van der Waals surface area contributed by atoms with Gasteiger partial charge in [-0.15, -0.1) is 0 Å². The van der Waals surface area contributed by atoms with Crippen molar-refractivity contribution in [3.8, 4) is 5.75 Å². The van der Waals surface area contributed by atoms with Crippen LogP contribution in [0.1, 0.15) is 12.1 Å². The number of thiol groups is 1. The quantitative estimate of drug-likeness (QED) is 0.468. The zero-order valence-corrected chi connectivity index (χ0v) is 8.72. The van der Waals surface area contributed by atoms with Crippen LogP contribution in [0.2, 0.25) is 0 Å². The fourth-order valence-electron chi connectivity index (χ4n) is 0.961. The third-order valence-corrected chi connectivity index (χ3v) is 1.89. The normalized spacial score (nSPS) is 10.7. The molecule has 0 bridgehead atoms. The number of aromatic hydroxyl groups is 1. The van der Waals surface area contributed by atoms with E-state index in [0.29, 0.717) is 11.4 Å². The zero-order chi connectivity index (χ0) is 11.3. The standard InChI is InChI=1S/C9H10N2O3S/c12-8-5-4-7(3-1-2-6-15)10-9(8)11(13)14/h1,3-5,12,15H,2,6H2. The Balaban J connectivity index is 2.92. The lowest BCUT2D eigenvalue weighted by Crippen LogP contribution is -1.93. The Morgan fingerprint density at radius 3 is 2.93 bits per heavy atom. The van der Waals surface area contributed by atoms with Crippen LogP contribution in [0.15, 0.2) is 18.2 Å². The summed E-state index contributed by atoms with van der Waals surface area (Å²) in [6, 6.07) is 2.77. The summed E-state index contributed by atoms with van der Waals surface area (Å²) in [5, 5.41) is 19.6. The van der Waals surface area contributed by atoms with Gasteiger partial charge in [-0.25, -0.2) is 0 Å². The number of nitrogens with zero attached hydrogens (tertiary/aromatic N) is 2. The molecule has 0 spiro atoms. The molecule has 1 aromatic rings. The van der Waals surface area contributed by atoms with Crippen LogP contribution in [0.5, 0.6) is 5.75 Å². The van der Waals surface area contributed by atoms with Gasteiger partial charge in [-0.3, -0.25) is 0 Å². The van der Waals surface area contributed by atoms with E-state index in [-0.39, 0.29) is 0 Å². The number of aromatic nitrogens is 1. The van der Waals surface area contributed by atoms with Gasteiger partial charge in [0.1, 0.15) is 0 Å². The van der Waals surface area contributed by atoms with Crippen molar-refractivity contribution in [1.29, 1.82) is 0 Å². The molecular weight excluding hydrogens is 216 g/mol. The summed E-state index contributed by atoms with van der Waals surface area (Å²) < 4.78 is 0. The highest BCUT2D eigenvalue weighted by molar-refractivity contribution is 7.80. The molecule has 0 aliphatic carbocycles. The Kier molecular flexibility index (Phi) is 4.11. The van der Waals surface area contributed by atoms with Crippen molar-refractivity contribution >= 4 is 24.5 Å². The number of allylic oxidation sites excluding steroid dienone is 1. The van der Waals surface area contributed by atoms with Crippen LogP contribution >= 0.6 is 12.6 Å². The molecule has 0 radical (unpaired) electrons. The molecule has 1 heterocycles. The summed E-state index contributed by atoms with van der Waals surface area (Å²) in [6.45, 7) is 0. The minimum Gasteiger partial charge on any atom is -0.501 e. The second kappa shape index (κ2) is 5.35. The molecule has 0 saturated heterocycles. The number of hydrogen-bond acceptors (Lipinski definition) is 5. The van der Waals surface area contributed by atoms with Crippen LogP contribution in [0.25, 0.3) is 6.08 Å². The summed E-state index contributed by atoms with van der Waals surface area (Å²) in [5.41, 5.74) is 0.446. The smallest absolute Gasteiger partial charge is 0.406 e. The first-order valence-corrected chi connectivity index (χ1v) is 4.90. The molecule has 0 unspecified atom stereocenters. The lowest BCUT2D eigenvalue weighted by molar-refractivity contribution is -0.390. The molecule has 15 heavy (non-hydrogen) atoms. The largest absolute Gasteiger partial charge is 0.501 e. The summed E-state index contributed by atoms with van der Waals surface area (Å²) in [7, 11) is 0. The number of rotatable bonds is 4. The Hall–Kier alpha value is -1.56. The average molecular weight is 226 g/mol. The molecule has 1 rings (SSSR count). The lowest BCUT2D eigenvalue weighted by atomic mass is 10.3. The first kappa shape index (κ1) is 11.5. The summed E-state index contributed by atoms with van der Waals surface area (Å²) >= 11 is 4.02. The molecule has 0 aliphatic heterocycles. The highest BCUT2D eigenvalue weighted by atomic mass is 32.1. The van der Waals surface area contributed by atoms with Crippen LogP contribution in [0.4, 0.5) is 5.82 Å². The monoisotopic (exact) mass is 226 g/mol. The van der Waals surface area contributed by atoms with Gasteiger partial charge in [0.25, 0.3) is 0 Å². The number of nitro groups is 1. The highest BCUT2D eigenvalue weighted by Crippen LogP contribution is 2.22. The average Bonchev–Trinajstić information content (AvgIpc) is 2.20. The molecule has 1 aromatic heterocycles. The Bertz CT molecular complexity index is 393. The van der Waals surface area contributed by atoms with Gasteiger partial charge >= 0.3 is 5.82 Å². The van der Waals surface area contributed by atoms with Gasteiger partial charge in [-0.1, -0.05) is 6.08 Å². The summed E-state index contributed by atoms with van der Waals surface area (Å²) in [6.07, 6.45) is 4.23. The third kappa shape index (κ3) is 3.25. The van der Waals surface area contributed by atoms with E-state index in [1.54, 1.807) is 6.08 Å². The second-order valence-corrected chi connectivity index (χ2v) is 3.20. The molecule has 5 nitrogen and oxygen atoms in total. The van der Waals surface area contributed by atoms with E-state index in [0.717, 1.165) is 6.42 Å². The molecule has 0 aliphatic rings. The predicted molar refractivity (Wildman–Crippen MR) is 60.1 cm³/mol. The topological polar surface area (TPSA) is 76.3 Å². The fourth-order valence-corrected chi connectivity index (χ4v) is 1.11. The molecule has 0 saturated carbocycles. The molecule has 0 atom stereocenters. The molecule has 0 amide bonds. The van der Waals surface area contributed by atoms with Gasteiger partial charge in [-0.05, 0) is 40.3 Å². The van der Waals surface area contributed by atoms with Crippen LogP contribution in [-0.4, -0.2) is 20.8 Å². The molecule has 1 N–H and O–H groups in total. The van der Waals surface area contributed by atoms with Crippen molar-refractivity contribution in [2.75, 3.05) is 5.75 Å². The second-order valence-electron chi connectivity index (χ2n) is 2.75. The van der Waals surface area contributed by atoms with Gasteiger partial charge in [0.15, 0.2) is 5.69 Å². The molecule has 80 valence electrons. The first-order chi connectivity index (χ1) is 7.15. The van der Waals surface area contributed by atoms with E-state index in [4.69, 9.17) is 5.11 Å². The molecular formula is C9H10N2O3S. The maximum Gasteiger partial charge on any atom is 0.406 e. The van der Waals surface area contributed by atoms with Gasteiger partial charge in [-0.2, -0.15) is 12.6 Å². The first-order valence-electron chi connectivity index (χ1n) is 4.27. The van der Waals surface area contributed by atoms with Crippen LogP contribution < -0.4 is 0 Å². The predicted octanol–water partition coefficient (Wildman–Crippen LogP) is 2.03. The van der Waals surface area contributed by atoms with Gasteiger partial charge in [0.05, 0.1) is 0 Å². The van der Waals surface area contributed by atoms with E-state index < -0.39 is 16.5 Å². The van der Waals surface area contributed by atoms with Crippen LogP contribution in [-0.2, 0) is 0 Å². The van der Waals surface area contributed by atoms with Crippen molar-refractivity contribution < 1.29 is 10.0 Å². The molecule has 0 aromatic carbocycles. The molecule has 0 fully saturated rings. The maximum atomic E-state index is 10.5. The van der Waals surface area contributed by atoms with Crippen LogP contribution in [0.3, 0.4) is 0 Å². The minimum atomic E-state index is -0.717. The van der Waals surface area contributed by atoms with Gasteiger partial charge in [0, 0.05) is 0 Å². The highest BCUT2D eigenvalue weighted by Gasteiger charge is 2.15. The van der Waals surface area contributed by atoms with E-state index in [1.165, 1.54) is 12.1 Å². The maximum absolute atomic E-state index is 10.5. The molecule has 6 heteroatoms. The summed E-state index contributed by atoms with van der Waals surface area (Å²) in [5.74, 6) is -0.245. The van der Waals surface area contributed by atoms with E-state index in [1.807, 2.05) is 6.08 Å². The van der Waals surface area contributed by atoms with Crippen molar-refractivity contribution in [2.45, 2.75) is 6.42 Å². The van der Waals surface area contributed by atoms with E-state index >= 15 is 0 Å². The van der Waals surface area contributed by atoms with Crippen molar-refractivity contribution in [2.24, 2.45) is 0 Å². The summed E-state index contributed by atoms with van der Waals surface area (Å²) in [4.78, 5) is 13.4. The minimum absolute atomic E-state index is 0.425. The van der Waals surface area contributed by atoms with Gasteiger partial charge in [0.2, 0.25) is 5.75 Å². The lowest BCUT2D eigenvalue weighted by Gasteiger charge is -1.95. The Morgan fingerprint density at radius 1 is 1.60 bits per heavy atom. The van der Waals surface area contributed by atoms with Crippen molar-refractivity contribution in [3.05, 3.63) is 34.0 Å².